The van der Waals surface area contributed by atoms with Gasteiger partial charge in [-0.2, -0.15) is 0 Å². The zero-order valence-electron chi connectivity index (χ0n) is 11.3. The quantitative estimate of drug-likeness (QED) is 0.850. The van der Waals surface area contributed by atoms with Crippen LogP contribution in [0.3, 0.4) is 0 Å². The molecule has 0 spiro atoms. The highest BCUT2D eigenvalue weighted by Gasteiger charge is 2.26. The van der Waals surface area contributed by atoms with Crippen LogP contribution in [0.4, 0.5) is 5.82 Å². The van der Waals surface area contributed by atoms with Crippen LogP contribution in [0.2, 0.25) is 0 Å². The molecule has 19 heavy (non-hydrogen) atoms. The molecule has 1 aliphatic heterocycles. The first-order valence-corrected chi connectivity index (χ1v) is 7.10. The molecule has 2 unspecified atom stereocenters. The first-order valence-electron chi connectivity index (χ1n) is 7.10. The Labute approximate surface area is 113 Å². The monoisotopic (exact) mass is 263 g/mol. The van der Waals surface area contributed by atoms with Gasteiger partial charge >= 0.3 is 0 Å². The van der Waals surface area contributed by atoms with Gasteiger partial charge in [0.2, 0.25) is 0 Å². The van der Waals surface area contributed by atoms with Gasteiger partial charge in [0.05, 0.1) is 19.3 Å². The Kier molecular flexibility index (Phi) is 3.94. The summed E-state index contributed by atoms with van der Waals surface area (Å²) in [6.45, 7) is 4.33. The number of anilines is 1. The van der Waals surface area contributed by atoms with Gasteiger partial charge in [0.25, 0.3) is 0 Å². The molecule has 0 bridgehead atoms. The van der Waals surface area contributed by atoms with E-state index in [-0.39, 0.29) is 12.1 Å². The standard InChI is InChI=1S/C14H21N3O2/c1-10(8-19-12-5-7-18-9-12)16-13-4-6-15-14(17-13)11-2-3-11/h4,6,10-12H,2-3,5,7-9H2,1H3,(H,15,16,17). The van der Waals surface area contributed by atoms with E-state index in [4.69, 9.17) is 9.47 Å². The van der Waals surface area contributed by atoms with Gasteiger partial charge in [0.1, 0.15) is 11.6 Å². The Hall–Kier alpha value is -1.20. The van der Waals surface area contributed by atoms with Crippen LogP contribution in [0.1, 0.15) is 37.9 Å². The molecule has 1 N–H and O–H groups in total. The van der Waals surface area contributed by atoms with Gasteiger partial charge in [0, 0.05) is 24.8 Å². The fraction of sp³-hybridized carbons (Fsp3) is 0.714. The summed E-state index contributed by atoms with van der Waals surface area (Å²) in [5.74, 6) is 2.46. The molecule has 0 amide bonds. The third-order valence-electron chi connectivity index (χ3n) is 3.48. The van der Waals surface area contributed by atoms with Crippen molar-refractivity contribution in [2.45, 2.75) is 44.2 Å². The molecule has 1 aromatic heterocycles. The third-order valence-corrected chi connectivity index (χ3v) is 3.48. The first kappa shape index (κ1) is 12.8. The molecule has 2 heterocycles. The fourth-order valence-corrected chi connectivity index (χ4v) is 2.21. The molecule has 2 fully saturated rings. The SMILES string of the molecule is CC(COC1CCOC1)Nc1ccnc(C2CC2)n1. The van der Waals surface area contributed by atoms with Crippen molar-refractivity contribution in [3.05, 3.63) is 18.1 Å². The van der Waals surface area contributed by atoms with Crippen molar-refractivity contribution in [3.63, 3.8) is 0 Å². The number of hydrogen-bond donors (Lipinski definition) is 1. The van der Waals surface area contributed by atoms with Crippen molar-refractivity contribution in [1.29, 1.82) is 0 Å². The van der Waals surface area contributed by atoms with Crippen molar-refractivity contribution in [3.8, 4) is 0 Å². The van der Waals surface area contributed by atoms with Crippen LogP contribution in [-0.2, 0) is 9.47 Å². The number of aromatic nitrogens is 2. The lowest BCUT2D eigenvalue weighted by molar-refractivity contribution is 0.0395. The van der Waals surface area contributed by atoms with Gasteiger partial charge < -0.3 is 14.8 Å². The van der Waals surface area contributed by atoms with Crippen LogP contribution in [0.15, 0.2) is 12.3 Å². The Morgan fingerprint density at radius 2 is 2.37 bits per heavy atom. The van der Waals surface area contributed by atoms with Gasteiger partial charge in [0.15, 0.2) is 0 Å². The van der Waals surface area contributed by atoms with Crippen LogP contribution in [-0.4, -0.2) is 41.9 Å². The molecular formula is C14H21N3O2. The minimum absolute atomic E-state index is 0.238. The van der Waals surface area contributed by atoms with Gasteiger partial charge in [-0.15, -0.1) is 0 Å². The van der Waals surface area contributed by atoms with E-state index in [1.54, 1.807) is 0 Å². The molecule has 5 heteroatoms. The Bertz CT molecular complexity index is 417. The van der Waals surface area contributed by atoms with Crippen molar-refractivity contribution in [1.82, 2.24) is 9.97 Å². The van der Waals surface area contributed by atoms with E-state index in [0.717, 1.165) is 31.3 Å². The van der Waals surface area contributed by atoms with E-state index in [2.05, 4.69) is 22.2 Å². The van der Waals surface area contributed by atoms with Crippen molar-refractivity contribution in [2.24, 2.45) is 0 Å². The molecule has 2 aliphatic rings. The van der Waals surface area contributed by atoms with Crippen molar-refractivity contribution >= 4 is 5.82 Å². The minimum atomic E-state index is 0.238. The maximum absolute atomic E-state index is 5.80. The smallest absolute Gasteiger partial charge is 0.133 e. The first-order chi connectivity index (χ1) is 9.31. The van der Waals surface area contributed by atoms with Crippen molar-refractivity contribution < 1.29 is 9.47 Å². The summed E-state index contributed by atoms with van der Waals surface area (Å²) in [5, 5.41) is 3.37. The normalized spacial score (nSPS) is 24.4. The van der Waals surface area contributed by atoms with Crippen LogP contribution < -0.4 is 5.32 Å². The highest BCUT2D eigenvalue weighted by atomic mass is 16.5. The highest BCUT2D eigenvalue weighted by Crippen LogP contribution is 2.38. The van der Waals surface area contributed by atoms with Crippen LogP contribution in [0.5, 0.6) is 0 Å². The second-order valence-corrected chi connectivity index (χ2v) is 5.44. The molecule has 0 aromatic carbocycles. The molecule has 5 nitrogen and oxygen atoms in total. The summed E-state index contributed by atoms with van der Waals surface area (Å²) < 4.78 is 11.1. The predicted molar refractivity (Wildman–Crippen MR) is 72.3 cm³/mol. The summed E-state index contributed by atoms with van der Waals surface area (Å²) in [6, 6.07) is 2.16. The summed E-state index contributed by atoms with van der Waals surface area (Å²) in [5.41, 5.74) is 0. The fourth-order valence-electron chi connectivity index (χ4n) is 2.21. The predicted octanol–water partition coefficient (Wildman–Crippen LogP) is 1.96. The summed E-state index contributed by atoms with van der Waals surface area (Å²) in [4.78, 5) is 8.87. The largest absolute Gasteiger partial charge is 0.379 e. The van der Waals surface area contributed by atoms with Crippen molar-refractivity contribution in [2.75, 3.05) is 25.1 Å². The Morgan fingerprint density at radius 1 is 1.47 bits per heavy atom. The number of nitrogens with one attached hydrogen (secondary N) is 1. The number of rotatable bonds is 6. The second-order valence-electron chi connectivity index (χ2n) is 5.44. The zero-order chi connectivity index (χ0) is 13.1. The number of nitrogens with zero attached hydrogens (tertiary/aromatic N) is 2. The molecule has 1 saturated heterocycles. The van der Waals surface area contributed by atoms with E-state index >= 15 is 0 Å². The average Bonchev–Trinajstić information content (AvgIpc) is 3.14. The Morgan fingerprint density at radius 3 is 3.11 bits per heavy atom. The maximum Gasteiger partial charge on any atom is 0.133 e. The summed E-state index contributed by atoms with van der Waals surface area (Å²) >= 11 is 0. The average molecular weight is 263 g/mol. The lowest BCUT2D eigenvalue weighted by Gasteiger charge is -2.17. The Balaban J connectivity index is 1.47. The number of hydrogen-bond acceptors (Lipinski definition) is 5. The van der Waals surface area contributed by atoms with E-state index in [0.29, 0.717) is 12.5 Å². The van der Waals surface area contributed by atoms with Gasteiger partial charge in [-0.1, -0.05) is 0 Å². The third kappa shape index (κ3) is 3.64. The van der Waals surface area contributed by atoms with Gasteiger partial charge in [-0.3, -0.25) is 0 Å². The topological polar surface area (TPSA) is 56.3 Å². The van der Waals surface area contributed by atoms with E-state index in [1.165, 1.54) is 12.8 Å². The van der Waals surface area contributed by atoms with E-state index in [1.807, 2.05) is 12.3 Å². The lowest BCUT2D eigenvalue weighted by atomic mass is 10.3. The summed E-state index contributed by atoms with van der Waals surface area (Å²) in [6.07, 6.45) is 5.55. The van der Waals surface area contributed by atoms with E-state index in [9.17, 15) is 0 Å². The van der Waals surface area contributed by atoms with Crippen LogP contribution >= 0.6 is 0 Å². The van der Waals surface area contributed by atoms with Crippen LogP contribution in [0, 0.1) is 0 Å². The minimum Gasteiger partial charge on any atom is -0.379 e. The lowest BCUT2D eigenvalue weighted by Crippen LogP contribution is -2.26. The zero-order valence-corrected chi connectivity index (χ0v) is 11.3. The molecule has 3 rings (SSSR count). The molecule has 2 atom stereocenters. The second kappa shape index (κ2) is 5.84. The molecule has 0 radical (unpaired) electrons. The molecule has 1 aromatic rings. The maximum atomic E-state index is 5.80. The molecular weight excluding hydrogens is 242 g/mol. The molecule has 1 aliphatic carbocycles. The van der Waals surface area contributed by atoms with Gasteiger partial charge in [-0.05, 0) is 32.3 Å². The number of ether oxygens (including phenoxy) is 2. The van der Waals surface area contributed by atoms with E-state index < -0.39 is 0 Å². The highest BCUT2D eigenvalue weighted by molar-refractivity contribution is 5.35. The van der Waals surface area contributed by atoms with Gasteiger partial charge in [-0.25, -0.2) is 9.97 Å². The molecule has 1 saturated carbocycles. The summed E-state index contributed by atoms with van der Waals surface area (Å²) in [7, 11) is 0. The molecule has 104 valence electrons. The van der Waals surface area contributed by atoms with Crippen LogP contribution in [0.25, 0.3) is 0 Å².